The van der Waals surface area contributed by atoms with Crippen molar-refractivity contribution in [1.82, 2.24) is 0 Å². The predicted octanol–water partition coefficient (Wildman–Crippen LogP) is 5.14. The molecule has 0 radical (unpaired) electrons. The van der Waals surface area contributed by atoms with Crippen molar-refractivity contribution in [3.05, 3.63) is 28.2 Å². The second-order valence-corrected chi connectivity index (χ2v) is 5.21. The van der Waals surface area contributed by atoms with Crippen molar-refractivity contribution in [2.75, 3.05) is 5.32 Å². The molecule has 0 saturated carbocycles. The number of anilines is 1. The van der Waals surface area contributed by atoms with Crippen LogP contribution in [-0.2, 0) is 0 Å². The molecule has 0 aliphatic carbocycles. The third-order valence-corrected chi connectivity index (χ3v) is 3.82. The van der Waals surface area contributed by atoms with E-state index in [0.717, 1.165) is 0 Å². The predicted molar refractivity (Wildman–Crippen MR) is 76.1 cm³/mol. The minimum absolute atomic E-state index is 0.612. The van der Waals surface area contributed by atoms with Crippen LogP contribution in [0.3, 0.4) is 0 Å². The molecule has 1 atom stereocenters. The normalized spacial score (nSPS) is 12.5. The number of hydrogen-bond acceptors (Lipinski definition) is 1. The third-order valence-electron chi connectivity index (χ3n) is 2.93. The molecule has 0 spiro atoms. The third kappa shape index (κ3) is 4.17. The first-order chi connectivity index (χ1) is 7.67. The maximum absolute atomic E-state index is 3.61. The second-order valence-electron chi connectivity index (χ2n) is 4.36. The topological polar surface area (TPSA) is 12.0 Å². The van der Waals surface area contributed by atoms with Crippen LogP contribution in [0.1, 0.15) is 45.1 Å². The summed E-state index contributed by atoms with van der Waals surface area (Å²) in [6.07, 6.45) is 5.04. The van der Waals surface area contributed by atoms with Crippen molar-refractivity contribution in [3.63, 3.8) is 0 Å². The Bertz CT molecular complexity index is 323. The summed E-state index contributed by atoms with van der Waals surface area (Å²) in [6.45, 7) is 6.62. The average Bonchev–Trinajstić information content (AvgIpc) is 2.29. The molecule has 0 aromatic heterocycles. The summed E-state index contributed by atoms with van der Waals surface area (Å²) in [6, 6.07) is 7.08. The average molecular weight is 284 g/mol. The van der Waals surface area contributed by atoms with Crippen LogP contribution in [0.25, 0.3) is 0 Å². The number of unbranched alkanes of at least 4 members (excludes halogenated alkanes) is 1. The Balaban J connectivity index is 2.59. The van der Waals surface area contributed by atoms with Crippen LogP contribution in [0.5, 0.6) is 0 Å². The van der Waals surface area contributed by atoms with E-state index in [0.29, 0.717) is 6.04 Å². The Kier molecular flexibility index (Phi) is 5.89. The summed E-state index contributed by atoms with van der Waals surface area (Å²) < 4.78 is 1.18. The molecule has 1 aromatic rings. The van der Waals surface area contributed by atoms with Gasteiger partial charge < -0.3 is 5.32 Å². The molecule has 2 heteroatoms. The lowest BCUT2D eigenvalue weighted by Crippen LogP contribution is -2.18. The Morgan fingerprint density at radius 2 is 2.06 bits per heavy atom. The van der Waals surface area contributed by atoms with Gasteiger partial charge in [-0.1, -0.05) is 42.6 Å². The van der Waals surface area contributed by atoms with Crippen molar-refractivity contribution in [2.24, 2.45) is 0 Å². The van der Waals surface area contributed by atoms with Gasteiger partial charge in [0.25, 0.3) is 0 Å². The van der Waals surface area contributed by atoms with E-state index >= 15 is 0 Å². The Morgan fingerprint density at radius 1 is 1.31 bits per heavy atom. The van der Waals surface area contributed by atoms with Crippen LogP contribution in [0, 0.1) is 6.92 Å². The monoisotopic (exact) mass is 283 g/mol. The van der Waals surface area contributed by atoms with Crippen LogP contribution in [0.2, 0.25) is 0 Å². The van der Waals surface area contributed by atoms with E-state index in [9.17, 15) is 0 Å². The van der Waals surface area contributed by atoms with Crippen molar-refractivity contribution in [1.29, 1.82) is 0 Å². The van der Waals surface area contributed by atoms with E-state index in [4.69, 9.17) is 0 Å². The summed E-state index contributed by atoms with van der Waals surface area (Å²) >= 11 is 3.53. The molecule has 1 rings (SSSR count). The second kappa shape index (κ2) is 6.95. The van der Waals surface area contributed by atoms with Gasteiger partial charge >= 0.3 is 0 Å². The maximum atomic E-state index is 3.61. The Hall–Kier alpha value is -0.500. The fourth-order valence-corrected chi connectivity index (χ4v) is 2.05. The lowest BCUT2D eigenvalue weighted by Gasteiger charge is -2.18. The van der Waals surface area contributed by atoms with Crippen molar-refractivity contribution < 1.29 is 0 Å². The van der Waals surface area contributed by atoms with E-state index in [1.165, 1.54) is 41.4 Å². The number of benzene rings is 1. The van der Waals surface area contributed by atoms with Gasteiger partial charge in [0.15, 0.2) is 0 Å². The van der Waals surface area contributed by atoms with Gasteiger partial charge in [-0.3, -0.25) is 0 Å². The molecule has 1 N–H and O–H groups in total. The molecule has 0 saturated heterocycles. The van der Waals surface area contributed by atoms with Gasteiger partial charge in [0.2, 0.25) is 0 Å². The molecule has 16 heavy (non-hydrogen) atoms. The fourth-order valence-electron chi connectivity index (χ4n) is 1.80. The summed E-state index contributed by atoms with van der Waals surface area (Å²) in [5.41, 5.74) is 2.53. The van der Waals surface area contributed by atoms with Gasteiger partial charge in [-0.25, -0.2) is 0 Å². The highest BCUT2D eigenvalue weighted by molar-refractivity contribution is 9.10. The molecule has 0 aliphatic rings. The van der Waals surface area contributed by atoms with Gasteiger partial charge in [-0.05, 0) is 43.5 Å². The van der Waals surface area contributed by atoms with Crippen LogP contribution in [-0.4, -0.2) is 6.04 Å². The zero-order valence-corrected chi connectivity index (χ0v) is 12.1. The minimum atomic E-state index is 0.612. The largest absolute Gasteiger partial charge is 0.382 e. The maximum Gasteiger partial charge on any atom is 0.0345 e. The molecule has 90 valence electrons. The van der Waals surface area contributed by atoms with E-state index in [2.05, 4.69) is 60.2 Å². The number of aryl methyl sites for hydroxylation is 1. The van der Waals surface area contributed by atoms with E-state index < -0.39 is 0 Å². The van der Waals surface area contributed by atoms with E-state index in [-0.39, 0.29) is 0 Å². The van der Waals surface area contributed by atoms with Gasteiger partial charge in [0, 0.05) is 16.2 Å². The van der Waals surface area contributed by atoms with Crippen LogP contribution < -0.4 is 5.32 Å². The summed E-state index contributed by atoms with van der Waals surface area (Å²) in [4.78, 5) is 0. The summed E-state index contributed by atoms with van der Waals surface area (Å²) in [5.74, 6) is 0. The lowest BCUT2D eigenvalue weighted by molar-refractivity contribution is 0.593. The summed E-state index contributed by atoms with van der Waals surface area (Å²) in [7, 11) is 0. The molecule has 1 aromatic carbocycles. The van der Waals surface area contributed by atoms with Crippen LogP contribution in [0.15, 0.2) is 22.7 Å². The quantitative estimate of drug-likeness (QED) is 0.762. The fraction of sp³-hybridized carbons (Fsp3) is 0.571. The molecule has 0 bridgehead atoms. The number of hydrogen-bond donors (Lipinski definition) is 1. The van der Waals surface area contributed by atoms with Crippen LogP contribution >= 0.6 is 15.9 Å². The highest BCUT2D eigenvalue weighted by Crippen LogP contribution is 2.21. The Labute approximate surface area is 108 Å². The van der Waals surface area contributed by atoms with Crippen molar-refractivity contribution in [2.45, 2.75) is 52.5 Å². The Morgan fingerprint density at radius 3 is 2.62 bits per heavy atom. The molecule has 1 unspecified atom stereocenters. The minimum Gasteiger partial charge on any atom is -0.382 e. The SMILES string of the molecule is CCCCC(CC)Nc1ccc(Br)c(C)c1. The smallest absolute Gasteiger partial charge is 0.0345 e. The zero-order chi connectivity index (χ0) is 12.0. The lowest BCUT2D eigenvalue weighted by atomic mass is 10.1. The molecule has 0 fully saturated rings. The summed E-state index contributed by atoms with van der Waals surface area (Å²) in [5, 5.41) is 3.61. The van der Waals surface area contributed by atoms with Crippen LogP contribution in [0.4, 0.5) is 5.69 Å². The van der Waals surface area contributed by atoms with E-state index in [1.54, 1.807) is 0 Å². The molecule has 0 amide bonds. The molecule has 0 aliphatic heterocycles. The standard InChI is InChI=1S/C14H22BrN/c1-4-6-7-12(5-2)16-13-8-9-14(15)11(3)10-13/h8-10,12,16H,4-7H2,1-3H3. The number of rotatable bonds is 6. The van der Waals surface area contributed by atoms with Crippen molar-refractivity contribution >= 4 is 21.6 Å². The first kappa shape index (κ1) is 13.6. The van der Waals surface area contributed by atoms with Crippen molar-refractivity contribution in [3.8, 4) is 0 Å². The van der Waals surface area contributed by atoms with Gasteiger partial charge in [0.05, 0.1) is 0 Å². The molecular weight excluding hydrogens is 262 g/mol. The molecular formula is C14H22BrN. The number of nitrogens with one attached hydrogen (secondary N) is 1. The highest BCUT2D eigenvalue weighted by atomic mass is 79.9. The highest BCUT2D eigenvalue weighted by Gasteiger charge is 2.05. The van der Waals surface area contributed by atoms with Gasteiger partial charge in [-0.15, -0.1) is 0 Å². The van der Waals surface area contributed by atoms with Gasteiger partial charge in [0.1, 0.15) is 0 Å². The van der Waals surface area contributed by atoms with Gasteiger partial charge in [-0.2, -0.15) is 0 Å². The zero-order valence-electron chi connectivity index (χ0n) is 10.5. The molecule has 0 heterocycles. The molecule has 1 nitrogen and oxygen atoms in total. The first-order valence-corrected chi connectivity index (χ1v) is 6.99. The first-order valence-electron chi connectivity index (χ1n) is 6.20. The number of halogens is 1. The van der Waals surface area contributed by atoms with E-state index in [1.807, 2.05) is 0 Å².